The Morgan fingerprint density at radius 1 is 1.36 bits per heavy atom. The Bertz CT molecular complexity index is 622. The van der Waals surface area contributed by atoms with E-state index < -0.39 is 11.9 Å². The van der Waals surface area contributed by atoms with Crippen LogP contribution in [0.3, 0.4) is 0 Å². The van der Waals surface area contributed by atoms with E-state index in [0.717, 1.165) is 32.3 Å². The quantitative estimate of drug-likeness (QED) is 0.782. The van der Waals surface area contributed by atoms with E-state index in [2.05, 4.69) is 0 Å². The molecule has 0 aromatic heterocycles. The van der Waals surface area contributed by atoms with E-state index in [4.69, 9.17) is 14.6 Å². The normalized spacial score (nSPS) is 20.9. The van der Waals surface area contributed by atoms with Gasteiger partial charge in [-0.1, -0.05) is 13.0 Å². The number of hydrogen-bond acceptors (Lipinski definition) is 4. The predicted molar refractivity (Wildman–Crippen MR) is 91.8 cm³/mol. The Balaban J connectivity index is 1.65. The van der Waals surface area contributed by atoms with Gasteiger partial charge in [0.05, 0.1) is 12.0 Å². The zero-order valence-electron chi connectivity index (χ0n) is 14.5. The number of hydrogen-bond donors (Lipinski definition) is 1. The van der Waals surface area contributed by atoms with Gasteiger partial charge in [-0.05, 0) is 43.9 Å². The highest BCUT2D eigenvalue weighted by Crippen LogP contribution is 2.29. The number of rotatable bonds is 8. The highest BCUT2D eigenvalue weighted by Gasteiger charge is 2.35. The van der Waals surface area contributed by atoms with Crippen molar-refractivity contribution in [3.63, 3.8) is 0 Å². The van der Waals surface area contributed by atoms with Crippen LogP contribution in [0.1, 0.15) is 43.0 Å². The van der Waals surface area contributed by atoms with Gasteiger partial charge in [-0.15, -0.1) is 0 Å². The minimum Gasteiger partial charge on any atom is -0.491 e. The summed E-state index contributed by atoms with van der Waals surface area (Å²) in [5, 5.41) is 9.13. The Labute approximate surface area is 147 Å². The predicted octanol–water partition coefficient (Wildman–Crippen LogP) is 2.57. The van der Waals surface area contributed by atoms with Crippen LogP contribution in [0.15, 0.2) is 24.3 Å². The number of carboxylic acid groups (broad SMARTS) is 1. The van der Waals surface area contributed by atoms with Gasteiger partial charge < -0.3 is 19.5 Å². The van der Waals surface area contributed by atoms with Crippen LogP contribution in [0.4, 0.5) is 0 Å². The fourth-order valence-corrected chi connectivity index (χ4v) is 3.01. The Morgan fingerprint density at radius 3 is 2.80 bits per heavy atom. The van der Waals surface area contributed by atoms with E-state index in [1.807, 2.05) is 6.07 Å². The molecule has 25 heavy (non-hydrogen) atoms. The van der Waals surface area contributed by atoms with Gasteiger partial charge in [0, 0.05) is 24.8 Å². The van der Waals surface area contributed by atoms with Gasteiger partial charge >= 0.3 is 5.97 Å². The summed E-state index contributed by atoms with van der Waals surface area (Å²) in [4.78, 5) is 25.7. The summed E-state index contributed by atoms with van der Waals surface area (Å²) >= 11 is 0. The highest BCUT2D eigenvalue weighted by molar-refractivity contribution is 5.95. The van der Waals surface area contributed by atoms with Gasteiger partial charge in [0.15, 0.2) is 0 Å². The Morgan fingerprint density at radius 2 is 2.16 bits per heavy atom. The molecule has 1 saturated heterocycles. The molecular weight excluding hydrogens is 322 g/mol. The zero-order chi connectivity index (χ0) is 17.8. The van der Waals surface area contributed by atoms with Gasteiger partial charge in [0.25, 0.3) is 5.91 Å². The summed E-state index contributed by atoms with van der Waals surface area (Å²) < 4.78 is 11.3. The molecule has 1 aromatic rings. The van der Waals surface area contributed by atoms with Gasteiger partial charge in [-0.25, -0.2) is 0 Å². The molecular formula is C19H25NO5. The number of benzene rings is 1. The first-order chi connectivity index (χ1) is 12.0. The van der Waals surface area contributed by atoms with Crippen LogP contribution >= 0.6 is 0 Å². The molecule has 1 aliphatic heterocycles. The molecule has 136 valence electrons. The van der Waals surface area contributed by atoms with E-state index in [-0.39, 0.29) is 24.6 Å². The average Bonchev–Trinajstić information content (AvgIpc) is 3.32. The Kier molecular flexibility index (Phi) is 5.58. The van der Waals surface area contributed by atoms with E-state index in [1.165, 1.54) is 0 Å². The summed E-state index contributed by atoms with van der Waals surface area (Å²) in [5.74, 6) is -0.947. The maximum absolute atomic E-state index is 12.8. The van der Waals surface area contributed by atoms with Gasteiger partial charge in [-0.3, -0.25) is 9.59 Å². The highest BCUT2D eigenvalue weighted by atomic mass is 16.5. The summed E-state index contributed by atoms with van der Waals surface area (Å²) in [6.45, 7) is 3.14. The smallest absolute Gasteiger partial charge is 0.308 e. The monoisotopic (exact) mass is 347 g/mol. The molecule has 1 heterocycles. The lowest BCUT2D eigenvalue weighted by Gasteiger charge is -2.24. The maximum Gasteiger partial charge on any atom is 0.308 e. The van der Waals surface area contributed by atoms with Crippen molar-refractivity contribution in [1.29, 1.82) is 0 Å². The van der Waals surface area contributed by atoms with Crippen molar-refractivity contribution in [3.05, 3.63) is 29.8 Å². The van der Waals surface area contributed by atoms with Gasteiger partial charge in [-0.2, -0.15) is 0 Å². The molecule has 2 fully saturated rings. The minimum atomic E-state index is -0.882. The van der Waals surface area contributed by atoms with E-state index >= 15 is 0 Å². The average molecular weight is 347 g/mol. The van der Waals surface area contributed by atoms with Crippen molar-refractivity contribution in [2.45, 2.75) is 44.8 Å². The molecule has 1 aromatic carbocycles. The third-order valence-electron chi connectivity index (χ3n) is 4.68. The van der Waals surface area contributed by atoms with Crippen LogP contribution in [0.25, 0.3) is 0 Å². The number of carboxylic acids is 1. The van der Waals surface area contributed by atoms with Crippen molar-refractivity contribution in [1.82, 2.24) is 4.90 Å². The molecule has 3 rings (SSSR count). The molecule has 6 heteroatoms. The fourth-order valence-electron chi connectivity index (χ4n) is 3.01. The van der Waals surface area contributed by atoms with Crippen LogP contribution in [-0.4, -0.2) is 53.8 Å². The molecule has 2 atom stereocenters. The lowest BCUT2D eigenvalue weighted by Crippen LogP contribution is -2.38. The SMILES string of the molecule is CC(CN(C(=O)c1cccc(OCC2CCCO2)c1)C1CC1)C(=O)O. The first-order valence-corrected chi connectivity index (χ1v) is 8.93. The molecule has 2 unspecified atom stereocenters. The second kappa shape index (κ2) is 7.87. The van der Waals surface area contributed by atoms with Crippen LogP contribution in [0.2, 0.25) is 0 Å². The van der Waals surface area contributed by atoms with Crippen molar-refractivity contribution in [3.8, 4) is 5.75 Å². The van der Waals surface area contributed by atoms with Crippen LogP contribution < -0.4 is 4.74 Å². The molecule has 2 aliphatic rings. The molecule has 1 saturated carbocycles. The molecule has 1 amide bonds. The number of carbonyl (C=O) groups is 2. The number of carbonyl (C=O) groups excluding carboxylic acids is 1. The molecule has 1 N–H and O–H groups in total. The lowest BCUT2D eigenvalue weighted by atomic mass is 10.1. The number of ether oxygens (including phenoxy) is 2. The Hall–Kier alpha value is -2.08. The molecule has 0 radical (unpaired) electrons. The molecule has 0 spiro atoms. The topological polar surface area (TPSA) is 76.1 Å². The second-order valence-corrected chi connectivity index (χ2v) is 6.90. The zero-order valence-corrected chi connectivity index (χ0v) is 14.5. The van der Waals surface area contributed by atoms with Crippen LogP contribution in [0.5, 0.6) is 5.75 Å². The summed E-state index contributed by atoms with van der Waals surface area (Å²) in [7, 11) is 0. The fraction of sp³-hybridized carbons (Fsp3) is 0.579. The van der Waals surface area contributed by atoms with E-state index in [9.17, 15) is 9.59 Å². The molecule has 6 nitrogen and oxygen atoms in total. The molecule has 0 bridgehead atoms. The third-order valence-corrected chi connectivity index (χ3v) is 4.68. The summed E-state index contributed by atoms with van der Waals surface area (Å²) in [5.41, 5.74) is 0.536. The number of amides is 1. The van der Waals surface area contributed by atoms with Crippen molar-refractivity contribution < 1.29 is 24.2 Å². The van der Waals surface area contributed by atoms with Gasteiger partial charge in [0.1, 0.15) is 12.4 Å². The summed E-state index contributed by atoms with van der Waals surface area (Å²) in [6.07, 6.45) is 4.06. The molecule has 1 aliphatic carbocycles. The number of nitrogens with zero attached hydrogens (tertiary/aromatic N) is 1. The first-order valence-electron chi connectivity index (χ1n) is 8.93. The summed E-state index contributed by atoms with van der Waals surface area (Å²) in [6, 6.07) is 7.27. The van der Waals surface area contributed by atoms with E-state index in [0.29, 0.717) is 17.9 Å². The largest absolute Gasteiger partial charge is 0.491 e. The number of aliphatic carboxylic acids is 1. The van der Waals surface area contributed by atoms with Gasteiger partial charge in [0.2, 0.25) is 0 Å². The maximum atomic E-state index is 12.8. The first kappa shape index (κ1) is 17.7. The van der Waals surface area contributed by atoms with Crippen molar-refractivity contribution >= 4 is 11.9 Å². The minimum absolute atomic E-state index is 0.124. The standard InChI is InChI=1S/C19H25NO5/c1-13(19(22)23)11-20(15-7-8-15)18(21)14-4-2-5-16(10-14)25-12-17-6-3-9-24-17/h2,4-5,10,13,15,17H,3,6-9,11-12H2,1H3,(H,22,23). The van der Waals surface area contributed by atoms with Crippen LogP contribution in [-0.2, 0) is 9.53 Å². The lowest BCUT2D eigenvalue weighted by molar-refractivity contribution is -0.141. The van der Waals surface area contributed by atoms with Crippen LogP contribution in [0, 0.1) is 5.92 Å². The third kappa shape index (κ3) is 4.72. The second-order valence-electron chi connectivity index (χ2n) is 6.90. The van der Waals surface area contributed by atoms with Crippen molar-refractivity contribution in [2.24, 2.45) is 5.92 Å². The van der Waals surface area contributed by atoms with E-state index in [1.54, 1.807) is 30.0 Å². The van der Waals surface area contributed by atoms with Crippen molar-refractivity contribution in [2.75, 3.05) is 19.8 Å².